The lowest BCUT2D eigenvalue weighted by Crippen LogP contribution is -2.39. The van der Waals surface area contributed by atoms with Crippen LogP contribution in [0.5, 0.6) is 5.75 Å². The minimum absolute atomic E-state index is 0.0775. The van der Waals surface area contributed by atoms with Gasteiger partial charge in [-0.3, -0.25) is 4.90 Å². The fraction of sp³-hybridized carbons (Fsp3) is 0.500. The zero-order valence-electron chi connectivity index (χ0n) is 10.3. The number of carbonyl (C=O) groups is 1. The van der Waals surface area contributed by atoms with Crippen molar-refractivity contribution in [2.45, 2.75) is 31.8 Å². The van der Waals surface area contributed by atoms with E-state index >= 15 is 0 Å². The Hall–Kier alpha value is -1.35. The van der Waals surface area contributed by atoms with Crippen LogP contribution in [-0.2, 0) is 11.3 Å². The third-order valence-corrected chi connectivity index (χ3v) is 3.39. The van der Waals surface area contributed by atoms with E-state index in [-0.39, 0.29) is 6.04 Å². The fourth-order valence-corrected chi connectivity index (χ4v) is 2.42. The van der Waals surface area contributed by atoms with Crippen molar-refractivity contribution in [2.24, 2.45) is 0 Å². The van der Waals surface area contributed by atoms with Crippen molar-refractivity contribution in [1.29, 1.82) is 0 Å². The zero-order valence-corrected chi connectivity index (χ0v) is 10.3. The summed E-state index contributed by atoms with van der Waals surface area (Å²) in [5.74, 6) is 0.905. The number of methoxy groups -OCH3 is 1. The van der Waals surface area contributed by atoms with Gasteiger partial charge in [0.1, 0.15) is 12.0 Å². The van der Waals surface area contributed by atoms with Crippen LogP contribution in [-0.4, -0.2) is 30.9 Å². The Kier molecular flexibility index (Phi) is 4.15. The molecule has 17 heavy (non-hydrogen) atoms. The molecule has 1 atom stereocenters. The quantitative estimate of drug-likeness (QED) is 0.747. The number of ether oxygens (including phenoxy) is 1. The lowest BCUT2D eigenvalue weighted by atomic mass is 10.0. The van der Waals surface area contributed by atoms with E-state index in [0.29, 0.717) is 0 Å². The molecule has 0 radical (unpaired) electrons. The van der Waals surface area contributed by atoms with E-state index < -0.39 is 0 Å². The first-order valence-electron chi connectivity index (χ1n) is 6.16. The smallest absolute Gasteiger partial charge is 0.137 e. The van der Waals surface area contributed by atoms with Crippen molar-refractivity contribution < 1.29 is 9.53 Å². The number of carbonyl (C=O) groups excluding carboxylic acids is 1. The molecule has 1 unspecified atom stereocenters. The monoisotopic (exact) mass is 233 g/mol. The normalized spacial score (nSPS) is 21.1. The number of likely N-dealkylation sites (tertiary alicyclic amines) is 1. The Morgan fingerprint density at radius 2 is 2.24 bits per heavy atom. The van der Waals surface area contributed by atoms with Gasteiger partial charge in [-0.05, 0) is 25.5 Å². The van der Waals surface area contributed by atoms with Gasteiger partial charge in [0.2, 0.25) is 0 Å². The first-order chi connectivity index (χ1) is 8.35. The predicted molar refractivity (Wildman–Crippen MR) is 67.1 cm³/mol. The molecule has 92 valence electrons. The molecule has 3 nitrogen and oxygen atoms in total. The number of aldehydes is 1. The van der Waals surface area contributed by atoms with Crippen LogP contribution < -0.4 is 4.74 Å². The Morgan fingerprint density at radius 3 is 3.00 bits per heavy atom. The first-order valence-corrected chi connectivity index (χ1v) is 6.16. The molecule has 1 aliphatic heterocycles. The summed E-state index contributed by atoms with van der Waals surface area (Å²) in [6, 6.07) is 8.09. The van der Waals surface area contributed by atoms with Crippen LogP contribution in [0.25, 0.3) is 0 Å². The van der Waals surface area contributed by atoms with Crippen LogP contribution in [0.4, 0.5) is 0 Å². The second-order valence-corrected chi connectivity index (χ2v) is 4.48. The summed E-state index contributed by atoms with van der Waals surface area (Å²) in [4.78, 5) is 13.3. The standard InChI is InChI=1S/C14H19NO2/c1-17-14-8-3-2-6-12(14)10-15-9-5-4-7-13(15)11-16/h2-3,6,8,11,13H,4-5,7,9-10H2,1H3. The van der Waals surface area contributed by atoms with Gasteiger partial charge in [0.05, 0.1) is 13.2 Å². The van der Waals surface area contributed by atoms with E-state index in [9.17, 15) is 4.79 Å². The molecular weight excluding hydrogens is 214 g/mol. The molecule has 1 aromatic rings. The Bertz CT molecular complexity index is 378. The van der Waals surface area contributed by atoms with Crippen LogP contribution >= 0.6 is 0 Å². The van der Waals surface area contributed by atoms with E-state index in [4.69, 9.17) is 4.74 Å². The van der Waals surface area contributed by atoms with Crippen molar-refractivity contribution in [3.05, 3.63) is 29.8 Å². The van der Waals surface area contributed by atoms with Crippen molar-refractivity contribution >= 4 is 6.29 Å². The number of rotatable bonds is 4. The summed E-state index contributed by atoms with van der Waals surface area (Å²) >= 11 is 0. The maximum absolute atomic E-state index is 11.0. The second kappa shape index (κ2) is 5.82. The van der Waals surface area contributed by atoms with E-state index in [2.05, 4.69) is 11.0 Å². The lowest BCUT2D eigenvalue weighted by Gasteiger charge is -2.32. The minimum atomic E-state index is 0.0775. The Labute approximate surface area is 102 Å². The summed E-state index contributed by atoms with van der Waals surface area (Å²) in [7, 11) is 1.69. The van der Waals surface area contributed by atoms with Gasteiger partial charge in [0.15, 0.2) is 0 Å². The third kappa shape index (κ3) is 2.86. The second-order valence-electron chi connectivity index (χ2n) is 4.48. The molecule has 2 rings (SSSR count). The van der Waals surface area contributed by atoms with Gasteiger partial charge in [-0.1, -0.05) is 24.6 Å². The van der Waals surface area contributed by atoms with Gasteiger partial charge in [0, 0.05) is 12.1 Å². The van der Waals surface area contributed by atoms with Gasteiger partial charge in [0.25, 0.3) is 0 Å². The molecule has 1 heterocycles. The van der Waals surface area contributed by atoms with Gasteiger partial charge >= 0.3 is 0 Å². The van der Waals surface area contributed by atoms with Gasteiger partial charge < -0.3 is 9.53 Å². The average molecular weight is 233 g/mol. The molecule has 1 aromatic carbocycles. The highest BCUT2D eigenvalue weighted by Crippen LogP contribution is 2.23. The van der Waals surface area contributed by atoms with Crippen molar-refractivity contribution in [1.82, 2.24) is 4.90 Å². The van der Waals surface area contributed by atoms with Crippen molar-refractivity contribution in [3.8, 4) is 5.75 Å². The van der Waals surface area contributed by atoms with Gasteiger partial charge in [-0.2, -0.15) is 0 Å². The highest BCUT2D eigenvalue weighted by atomic mass is 16.5. The molecule has 0 saturated carbocycles. The summed E-state index contributed by atoms with van der Waals surface area (Å²) in [5, 5.41) is 0. The first kappa shape index (κ1) is 12.1. The molecule has 1 saturated heterocycles. The Balaban J connectivity index is 2.10. The van der Waals surface area contributed by atoms with Crippen LogP contribution in [0.1, 0.15) is 24.8 Å². The maximum atomic E-state index is 11.0. The average Bonchev–Trinajstić information content (AvgIpc) is 2.40. The van der Waals surface area contributed by atoms with Crippen LogP contribution in [0.3, 0.4) is 0 Å². The van der Waals surface area contributed by atoms with Crippen LogP contribution in [0.15, 0.2) is 24.3 Å². The SMILES string of the molecule is COc1ccccc1CN1CCCCC1C=O. The summed E-state index contributed by atoms with van der Waals surface area (Å²) in [5.41, 5.74) is 1.16. The minimum Gasteiger partial charge on any atom is -0.496 e. The fourth-order valence-electron chi connectivity index (χ4n) is 2.42. The highest BCUT2D eigenvalue weighted by Gasteiger charge is 2.22. The largest absolute Gasteiger partial charge is 0.496 e. The zero-order chi connectivity index (χ0) is 12.1. The molecule has 0 aliphatic carbocycles. The molecule has 0 amide bonds. The van der Waals surface area contributed by atoms with Gasteiger partial charge in [-0.15, -0.1) is 0 Å². The number of benzene rings is 1. The van der Waals surface area contributed by atoms with Crippen LogP contribution in [0, 0.1) is 0 Å². The van der Waals surface area contributed by atoms with Crippen molar-refractivity contribution in [3.63, 3.8) is 0 Å². The highest BCUT2D eigenvalue weighted by molar-refractivity contribution is 5.57. The molecule has 1 fully saturated rings. The molecular formula is C14H19NO2. The summed E-state index contributed by atoms with van der Waals surface area (Å²) < 4.78 is 5.34. The number of para-hydroxylation sites is 1. The molecule has 0 bridgehead atoms. The van der Waals surface area contributed by atoms with Crippen LogP contribution in [0.2, 0.25) is 0 Å². The third-order valence-electron chi connectivity index (χ3n) is 3.39. The van der Waals surface area contributed by atoms with E-state index in [1.807, 2.05) is 18.2 Å². The van der Waals surface area contributed by atoms with E-state index in [1.54, 1.807) is 7.11 Å². The van der Waals surface area contributed by atoms with Gasteiger partial charge in [-0.25, -0.2) is 0 Å². The molecule has 0 N–H and O–H groups in total. The molecule has 0 spiro atoms. The van der Waals surface area contributed by atoms with Crippen molar-refractivity contribution in [2.75, 3.05) is 13.7 Å². The summed E-state index contributed by atoms with van der Waals surface area (Å²) in [6.45, 7) is 1.80. The molecule has 3 heteroatoms. The topological polar surface area (TPSA) is 29.5 Å². The number of piperidine rings is 1. The van der Waals surface area contributed by atoms with E-state index in [0.717, 1.165) is 43.5 Å². The molecule has 0 aromatic heterocycles. The summed E-state index contributed by atoms with van der Waals surface area (Å²) in [6.07, 6.45) is 4.40. The number of nitrogens with zero attached hydrogens (tertiary/aromatic N) is 1. The Morgan fingerprint density at radius 1 is 1.41 bits per heavy atom. The lowest BCUT2D eigenvalue weighted by molar-refractivity contribution is -0.113. The number of hydrogen-bond donors (Lipinski definition) is 0. The number of hydrogen-bond acceptors (Lipinski definition) is 3. The van der Waals surface area contributed by atoms with E-state index in [1.165, 1.54) is 6.42 Å². The maximum Gasteiger partial charge on any atom is 0.137 e. The molecule has 1 aliphatic rings. The predicted octanol–water partition coefficient (Wildman–Crippen LogP) is 2.25.